The van der Waals surface area contributed by atoms with E-state index in [-0.39, 0.29) is 31.6 Å². The van der Waals surface area contributed by atoms with E-state index in [4.69, 9.17) is 78.2 Å². The maximum absolute atomic E-state index is 12.2. The predicted molar refractivity (Wildman–Crippen MR) is 185 cm³/mol. The number of primary amides is 2. The zero-order valence-electron chi connectivity index (χ0n) is 25.0. The molecule has 0 aliphatic heterocycles. The highest BCUT2D eigenvalue weighted by molar-refractivity contribution is 6.38. The predicted octanol–water partition coefficient (Wildman–Crippen LogP) is 7.20. The van der Waals surface area contributed by atoms with Gasteiger partial charge in [-0.05, 0) is 86.6 Å². The monoisotopic (exact) mass is 722 g/mol. The molecule has 0 aliphatic carbocycles. The van der Waals surface area contributed by atoms with Crippen LogP contribution in [0.3, 0.4) is 0 Å². The van der Waals surface area contributed by atoms with E-state index in [0.29, 0.717) is 52.8 Å². The van der Waals surface area contributed by atoms with Crippen LogP contribution in [-0.2, 0) is 0 Å². The molecule has 47 heavy (non-hydrogen) atoms. The van der Waals surface area contributed by atoms with Crippen LogP contribution in [0.15, 0.2) is 72.8 Å². The first-order valence-corrected chi connectivity index (χ1v) is 15.0. The summed E-state index contributed by atoms with van der Waals surface area (Å²) in [6.45, 7) is 4.43. The fraction of sp³-hybridized carbons (Fsp3) is 0.125. The summed E-state index contributed by atoms with van der Waals surface area (Å²) >= 11 is 23.7. The Balaban J connectivity index is 0.000000271. The molecular weight excluding hydrogens is 694 g/mol. The number of hydrogen-bond donors (Lipinski definition) is 5. The van der Waals surface area contributed by atoms with Crippen molar-refractivity contribution in [2.24, 2.45) is 11.5 Å². The molecule has 3 amide bonds. The van der Waals surface area contributed by atoms with Crippen molar-refractivity contribution in [2.75, 3.05) is 24.3 Å². The number of carboxylic acids is 1. The van der Waals surface area contributed by atoms with Gasteiger partial charge in [0.1, 0.15) is 0 Å². The van der Waals surface area contributed by atoms with Crippen molar-refractivity contribution in [3.63, 3.8) is 0 Å². The van der Waals surface area contributed by atoms with E-state index in [0.717, 1.165) is 0 Å². The zero-order chi connectivity index (χ0) is 35.3. The van der Waals surface area contributed by atoms with Crippen LogP contribution >= 0.6 is 46.4 Å². The molecule has 0 saturated carbocycles. The van der Waals surface area contributed by atoms with Crippen molar-refractivity contribution in [1.29, 1.82) is 0 Å². The number of hydrogen-bond acceptors (Lipinski definition) is 7. The number of halogens is 4. The topological polar surface area (TPSA) is 197 Å². The summed E-state index contributed by atoms with van der Waals surface area (Å²) in [4.78, 5) is 44.4. The number of rotatable bonds is 9. The third-order valence-corrected chi connectivity index (χ3v) is 6.83. The largest absolute Gasteiger partial charge is 0.491 e. The molecule has 0 spiro atoms. The van der Waals surface area contributed by atoms with Crippen LogP contribution in [0.1, 0.15) is 55.3 Å². The van der Waals surface area contributed by atoms with Crippen LogP contribution in [-0.4, -0.2) is 42.0 Å². The molecule has 0 fully saturated rings. The van der Waals surface area contributed by atoms with E-state index in [1.165, 1.54) is 36.4 Å². The molecule has 4 aromatic carbocycles. The van der Waals surface area contributed by atoms with E-state index < -0.39 is 17.8 Å². The first kappa shape index (κ1) is 38.5. The van der Waals surface area contributed by atoms with Crippen molar-refractivity contribution >= 4 is 81.5 Å². The maximum Gasteiger partial charge on any atom is 0.335 e. The molecule has 11 nitrogen and oxygen atoms in total. The van der Waals surface area contributed by atoms with Gasteiger partial charge in [-0.15, -0.1) is 0 Å². The molecule has 15 heteroatoms. The standard InChI is InChI=1S/C16H14Cl2N2O3.C9H8Cl2O3.C7H8N2O/c1-2-23-14-12(17)7-10(8-13(14)18)16(22)20-11-5-3-9(4-6-11)15(19)21;1-2-14-8-6(10)3-5(9(12)13)4-7(8)11;8-6-3-1-5(2-4-6)7(9)10/h3-8H,2H2,1H3,(H2,19,21)(H,20,22);3-4H,2H2,1H3,(H,12,13);1-4H,8H2,(H2,9,10). The lowest BCUT2D eigenvalue weighted by atomic mass is 10.1. The first-order valence-electron chi connectivity index (χ1n) is 13.5. The lowest BCUT2D eigenvalue weighted by Crippen LogP contribution is -2.13. The molecule has 0 bridgehead atoms. The highest BCUT2D eigenvalue weighted by Crippen LogP contribution is 2.35. The Morgan fingerprint density at radius 3 is 1.34 bits per heavy atom. The Kier molecular flexibility index (Phi) is 15.1. The highest BCUT2D eigenvalue weighted by Gasteiger charge is 2.15. The maximum atomic E-state index is 12.2. The summed E-state index contributed by atoms with van der Waals surface area (Å²) in [5.74, 6) is -1.76. The van der Waals surface area contributed by atoms with E-state index in [2.05, 4.69) is 5.32 Å². The fourth-order valence-electron chi connectivity index (χ4n) is 3.51. The molecular formula is C32H30Cl4N4O7. The molecule has 4 rings (SSSR count). The van der Waals surface area contributed by atoms with Gasteiger partial charge in [0.15, 0.2) is 11.5 Å². The minimum Gasteiger partial charge on any atom is -0.491 e. The number of carbonyl (C=O) groups is 4. The zero-order valence-corrected chi connectivity index (χ0v) is 28.0. The van der Waals surface area contributed by atoms with Crippen molar-refractivity contribution in [1.82, 2.24) is 0 Å². The quantitative estimate of drug-likeness (QED) is 0.112. The highest BCUT2D eigenvalue weighted by atomic mass is 35.5. The van der Waals surface area contributed by atoms with Gasteiger partial charge in [-0.1, -0.05) is 46.4 Å². The van der Waals surface area contributed by atoms with Crippen LogP contribution in [0.25, 0.3) is 0 Å². The van der Waals surface area contributed by atoms with E-state index in [1.54, 1.807) is 43.3 Å². The minimum atomic E-state index is -1.07. The third-order valence-electron chi connectivity index (χ3n) is 5.71. The molecule has 8 N–H and O–H groups in total. The van der Waals surface area contributed by atoms with Gasteiger partial charge in [-0.2, -0.15) is 0 Å². The summed E-state index contributed by atoms with van der Waals surface area (Å²) in [5, 5.41) is 12.3. The second-order valence-corrected chi connectivity index (χ2v) is 10.7. The molecule has 0 radical (unpaired) electrons. The number of nitrogen functional groups attached to an aromatic ring is 1. The van der Waals surface area contributed by atoms with Gasteiger partial charge in [0, 0.05) is 28.1 Å². The first-order chi connectivity index (χ1) is 22.2. The van der Waals surface area contributed by atoms with Crippen LogP contribution in [0.5, 0.6) is 11.5 Å². The Hall–Kier alpha value is -4.68. The molecule has 0 aliphatic rings. The van der Waals surface area contributed by atoms with Crippen molar-refractivity contribution < 1.29 is 33.8 Å². The SMILES string of the molecule is CCOc1c(Cl)cc(C(=O)Nc2ccc(C(N)=O)cc2)cc1Cl.CCOc1c(Cl)cc(C(=O)O)cc1Cl.NC(=O)c1ccc(N)cc1. The summed E-state index contributed by atoms with van der Waals surface area (Å²) in [5.41, 5.74) is 17.8. The van der Waals surface area contributed by atoms with Crippen molar-refractivity contribution in [3.05, 3.63) is 115 Å². The average Bonchev–Trinajstić information content (AvgIpc) is 3.01. The van der Waals surface area contributed by atoms with Crippen LogP contribution in [0, 0.1) is 0 Å². The Labute approximate surface area is 290 Å². The number of aromatic carboxylic acids is 1. The van der Waals surface area contributed by atoms with Gasteiger partial charge in [0.25, 0.3) is 5.91 Å². The number of carboxylic acid groups (broad SMARTS) is 1. The molecule has 0 unspecified atom stereocenters. The Morgan fingerprint density at radius 2 is 1.00 bits per heavy atom. The summed E-state index contributed by atoms with van der Waals surface area (Å²) in [7, 11) is 0. The smallest absolute Gasteiger partial charge is 0.335 e. The molecule has 248 valence electrons. The fourth-order valence-corrected chi connectivity index (χ4v) is 4.70. The minimum absolute atomic E-state index is 0.0449. The van der Waals surface area contributed by atoms with Gasteiger partial charge >= 0.3 is 5.97 Å². The number of carbonyl (C=O) groups excluding carboxylic acids is 3. The number of benzene rings is 4. The Bertz CT molecular complexity index is 1690. The second-order valence-electron chi connectivity index (χ2n) is 9.09. The molecule has 0 aromatic heterocycles. The van der Waals surface area contributed by atoms with Gasteiger partial charge in [0.2, 0.25) is 11.8 Å². The van der Waals surface area contributed by atoms with Gasteiger partial charge < -0.3 is 37.1 Å². The van der Waals surface area contributed by atoms with Crippen LogP contribution in [0.4, 0.5) is 11.4 Å². The number of anilines is 2. The Morgan fingerprint density at radius 1 is 0.638 bits per heavy atom. The van der Waals surface area contributed by atoms with Gasteiger partial charge in [-0.3, -0.25) is 14.4 Å². The van der Waals surface area contributed by atoms with E-state index in [9.17, 15) is 19.2 Å². The lowest BCUT2D eigenvalue weighted by molar-refractivity contribution is 0.0696. The van der Waals surface area contributed by atoms with Crippen molar-refractivity contribution in [3.8, 4) is 11.5 Å². The number of amides is 3. The van der Waals surface area contributed by atoms with E-state index in [1.807, 2.05) is 6.92 Å². The van der Waals surface area contributed by atoms with Gasteiger partial charge in [0.05, 0.1) is 38.9 Å². The average molecular weight is 724 g/mol. The molecule has 4 aromatic rings. The second kappa shape index (κ2) is 18.5. The van der Waals surface area contributed by atoms with Crippen LogP contribution < -0.4 is 32.0 Å². The number of nitrogens with one attached hydrogen (secondary N) is 1. The van der Waals surface area contributed by atoms with Crippen LogP contribution in [0.2, 0.25) is 20.1 Å². The lowest BCUT2D eigenvalue weighted by Gasteiger charge is -2.11. The molecule has 0 atom stereocenters. The van der Waals surface area contributed by atoms with E-state index >= 15 is 0 Å². The van der Waals surface area contributed by atoms with Crippen molar-refractivity contribution in [2.45, 2.75) is 13.8 Å². The summed E-state index contributed by atoms with van der Waals surface area (Å²) < 4.78 is 10.5. The molecule has 0 saturated heterocycles. The summed E-state index contributed by atoms with van der Waals surface area (Å²) in [6, 6.07) is 18.2. The number of ether oxygens (including phenoxy) is 2. The summed E-state index contributed by atoms with van der Waals surface area (Å²) in [6.07, 6.45) is 0. The van der Waals surface area contributed by atoms with Gasteiger partial charge in [-0.25, -0.2) is 4.79 Å². The normalized spacial score (nSPS) is 9.91. The third kappa shape index (κ3) is 11.9. The molecule has 0 heterocycles. The number of nitrogens with two attached hydrogens (primary N) is 3.